The molecule has 1 aliphatic rings. The van der Waals surface area contributed by atoms with Crippen molar-refractivity contribution in [2.24, 2.45) is 0 Å². The molecule has 0 radical (unpaired) electrons. The molecule has 2 aromatic carbocycles. The molecule has 11 nitrogen and oxygen atoms in total. The van der Waals surface area contributed by atoms with Gasteiger partial charge in [-0.1, -0.05) is 37.3 Å². The number of hydrogen-bond acceptors (Lipinski definition) is 10. The van der Waals surface area contributed by atoms with E-state index in [0.29, 0.717) is 24.3 Å². The number of nitrogens with one attached hydrogen (secondary N) is 3. The summed E-state index contributed by atoms with van der Waals surface area (Å²) in [5.41, 5.74) is -2.71. The first-order valence-corrected chi connectivity index (χ1v) is 17.7. The first-order chi connectivity index (χ1) is 20.8. The number of fused-ring (bicyclic) bond motifs is 1. The van der Waals surface area contributed by atoms with Crippen LogP contribution in [0.1, 0.15) is 60.5 Å². The van der Waals surface area contributed by atoms with Crippen molar-refractivity contribution in [3.05, 3.63) is 54.1 Å². The number of ether oxygens (including phenoxy) is 3. The van der Waals surface area contributed by atoms with Crippen molar-refractivity contribution in [3.8, 4) is 11.5 Å². The molecule has 0 aromatic heterocycles. The number of alkyl carbamates (subject to hydrolysis) is 1. The molecule has 1 aliphatic heterocycles. The van der Waals surface area contributed by atoms with Crippen molar-refractivity contribution >= 4 is 33.6 Å². The summed E-state index contributed by atoms with van der Waals surface area (Å²) in [7, 11) is -3.94. The monoisotopic (exact) mass is 665 g/mol. The van der Waals surface area contributed by atoms with Gasteiger partial charge in [0.1, 0.15) is 11.6 Å². The highest BCUT2D eigenvalue weighted by Crippen LogP contribution is 2.34. The zero-order valence-corrected chi connectivity index (χ0v) is 29.0. The quantitative estimate of drug-likeness (QED) is 0.218. The van der Waals surface area contributed by atoms with Crippen LogP contribution in [0.2, 0.25) is 0 Å². The van der Waals surface area contributed by atoms with Crippen LogP contribution in [0.4, 0.5) is 4.79 Å². The van der Waals surface area contributed by atoms with E-state index < -0.39 is 55.2 Å². The molecule has 13 heteroatoms. The Morgan fingerprint density at radius 2 is 1.67 bits per heavy atom. The average Bonchev–Trinajstić information content (AvgIpc) is 3.42. The van der Waals surface area contributed by atoms with Crippen LogP contribution in [-0.2, 0) is 25.8 Å². The van der Waals surface area contributed by atoms with Crippen molar-refractivity contribution in [1.29, 1.82) is 0 Å². The number of benzene rings is 2. The molecular weight excluding hydrogens is 618 g/mol. The predicted molar refractivity (Wildman–Crippen MR) is 175 cm³/mol. The Balaban J connectivity index is 1.87. The molecule has 2 aromatic rings. The fourth-order valence-corrected chi connectivity index (χ4v) is 6.86. The standard InChI is InChI=1S/C32H47N3O8S2/c1-9-32(18-22-13-11-10-12-14-22,35-27(36)26(30(5,6)44-8)34-28(37)43-29(2,3)4)33-19-31(7,38)20-45(39,40)23-15-16-24-25(17-23)42-21-41-24/h10-17,26,33,38H,9,18-21H2,1-8H3,(H,34,37)(H,35,36)/t26-,31+,32-/m0/s1. The summed E-state index contributed by atoms with van der Waals surface area (Å²) >= 11 is 1.42. The molecule has 0 spiro atoms. The lowest BCUT2D eigenvalue weighted by Crippen LogP contribution is -2.67. The normalized spacial score (nSPS) is 16.6. The number of hydrogen-bond donors (Lipinski definition) is 4. The Bertz CT molecular complexity index is 1440. The number of carbonyl (C=O) groups excluding carboxylic acids is 2. The topological polar surface area (TPSA) is 152 Å². The van der Waals surface area contributed by atoms with Gasteiger partial charge in [0.2, 0.25) is 12.7 Å². The van der Waals surface area contributed by atoms with Gasteiger partial charge >= 0.3 is 6.09 Å². The third-order valence-electron chi connectivity index (χ3n) is 7.47. The SMILES string of the molecule is CC[C@](Cc1ccccc1)(NC[C@@](C)(O)CS(=O)(=O)c1ccc2c(c1)OCO2)NC(=O)[C@H](NC(=O)OC(C)(C)C)C(C)(C)SC. The van der Waals surface area contributed by atoms with Gasteiger partial charge in [0.15, 0.2) is 21.3 Å². The van der Waals surface area contributed by atoms with Gasteiger partial charge in [-0.25, -0.2) is 13.2 Å². The van der Waals surface area contributed by atoms with Crippen LogP contribution in [0, 0.1) is 0 Å². The van der Waals surface area contributed by atoms with E-state index in [1.165, 1.54) is 36.9 Å². The van der Waals surface area contributed by atoms with Gasteiger partial charge in [0.25, 0.3) is 0 Å². The Hall–Kier alpha value is -3.00. The maximum Gasteiger partial charge on any atom is 0.408 e. The van der Waals surface area contributed by atoms with E-state index >= 15 is 0 Å². The Morgan fingerprint density at radius 3 is 2.27 bits per heavy atom. The highest BCUT2D eigenvalue weighted by atomic mass is 32.2. The summed E-state index contributed by atoms with van der Waals surface area (Å²) in [4.78, 5) is 26.8. The molecule has 3 rings (SSSR count). The second kappa shape index (κ2) is 14.2. The second-order valence-corrected chi connectivity index (χ2v) is 16.5. The van der Waals surface area contributed by atoms with Crippen LogP contribution in [0.25, 0.3) is 0 Å². The summed E-state index contributed by atoms with van der Waals surface area (Å²) in [6.07, 6.45) is 1.82. The summed E-state index contributed by atoms with van der Waals surface area (Å²) in [6.45, 7) is 12.1. The third kappa shape index (κ3) is 10.2. The van der Waals surface area contributed by atoms with Crippen LogP contribution in [0.15, 0.2) is 53.4 Å². The van der Waals surface area contributed by atoms with Crippen molar-refractivity contribution < 1.29 is 37.3 Å². The van der Waals surface area contributed by atoms with Gasteiger partial charge in [-0.2, -0.15) is 11.8 Å². The molecular formula is C32H47N3O8S2. The van der Waals surface area contributed by atoms with Crippen molar-refractivity contribution in [2.75, 3.05) is 25.3 Å². The lowest BCUT2D eigenvalue weighted by Gasteiger charge is -2.41. The van der Waals surface area contributed by atoms with E-state index in [9.17, 15) is 23.1 Å². The Morgan fingerprint density at radius 1 is 1.02 bits per heavy atom. The Kier molecular flexibility index (Phi) is 11.5. The van der Waals surface area contributed by atoms with Crippen molar-refractivity contribution in [2.45, 2.75) is 93.9 Å². The molecule has 4 N–H and O–H groups in total. The lowest BCUT2D eigenvalue weighted by atomic mass is 9.93. The zero-order chi connectivity index (χ0) is 33.7. The van der Waals surface area contributed by atoms with E-state index in [1.54, 1.807) is 20.8 Å². The van der Waals surface area contributed by atoms with Gasteiger partial charge < -0.3 is 30.0 Å². The maximum absolute atomic E-state index is 14.0. The summed E-state index contributed by atoms with van der Waals surface area (Å²) in [6, 6.07) is 12.8. The van der Waals surface area contributed by atoms with Crippen LogP contribution >= 0.6 is 11.8 Å². The first-order valence-electron chi connectivity index (χ1n) is 14.8. The summed E-state index contributed by atoms with van der Waals surface area (Å²) in [5.74, 6) is -0.269. The molecule has 0 bridgehead atoms. The average molecular weight is 666 g/mol. The van der Waals surface area contributed by atoms with Gasteiger partial charge in [-0.05, 0) is 71.9 Å². The molecule has 0 aliphatic carbocycles. The van der Waals surface area contributed by atoms with Crippen LogP contribution in [-0.4, -0.2) is 78.5 Å². The Labute approximate surface area is 271 Å². The van der Waals surface area contributed by atoms with Crippen molar-refractivity contribution in [3.63, 3.8) is 0 Å². The molecule has 0 saturated heterocycles. The summed E-state index contributed by atoms with van der Waals surface area (Å²) in [5, 5.41) is 20.5. The highest BCUT2D eigenvalue weighted by Gasteiger charge is 2.42. The van der Waals surface area contributed by atoms with Gasteiger partial charge in [0.05, 0.1) is 21.9 Å². The smallest absolute Gasteiger partial charge is 0.408 e. The molecule has 0 saturated carbocycles. The number of thioether (sulfide) groups is 1. The van der Waals surface area contributed by atoms with E-state index in [0.717, 1.165) is 5.56 Å². The lowest BCUT2D eigenvalue weighted by molar-refractivity contribution is -0.126. The van der Waals surface area contributed by atoms with E-state index in [4.69, 9.17) is 14.2 Å². The van der Waals surface area contributed by atoms with Crippen molar-refractivity contribution in [1.82, 2.24) is 16.0 Å². The molecule has 0 unspecified atom stereocenters. The number of aliphatic hydroxyl groups is 1. The van der Waals surface area contributed by atoms with Crippen LogP contribution < -0.4 is 25.4 Å². The van der Waals surface area contributed by atoms with Crippen LogP contribution in [0.5, 0.6) is 11.5 Å². The minimum atomic E-state index is -3.94. The molecule has 1 heterocycles. The fourth-order valence-electron chi connectivity index (χ4n) is 4.81. The number of rotatable bonds is 14. The largest absolute Gasteiger partial charge is 0.454 e. The second-order valence-electron chi connectivity index (χ2n) is 13.1. The number of sulfone groups is 1. The number of carbonyl (C=O) groups is 2. The predicted octanol–water partition coefficient (Wildman–Crippen LogP) is 4.03. The third-order valence-corrected chi connectivity index (χ3v) is 10.7. The van der Waals surface area contributed by atoms with E-state index in [1.807, 2.05) is 57.4 Å². The summed E-state index contributed by atoms with van der Waals surface area (Å²) < 4.78 is 42.0. The van der Waals surface area contributed by atoms with Gasteiger partial charge in [0, 0.05) is 23.8 Å². The minimum Gasteiger partial charge on any atom is -0.454 e. The van der Waals surface area contributed by atoms with E-state index in [-0.39, 0.29) is 18.2 Å². The van der Waals surface area contributed by atoms with Gasteiger partial charge in [-0.15, -0.1) is 0 Å². The highest BCUT2D eigenvalue weighted by molar-refractivity contribution is 8.00. The molecule has 0 fully saturated rings. The van der Waals surface area contributed by atoms with Crippen LogP contribution in [0.3, 0.4) is 0 Å². The fraction of sp³-hybridized carbons (Fsp3) is 0.562. The minimum absolute atomic E-state index is 0.00160. The number of amides is 2. The van der Waals surface area contributed by atoms with E-state index in [2.05, 4.69) is 16.0 Å². The zero-order valence-electron chi connectivity index (χ0n) is 27.4. The molecule has 45 heavy (non-hydrogen) atoms. The first kappa shape index (κ1) is 36.5. The van der Waals surface area contributed by atoms with Gasteiger partial charge in [-0.3, -0.25) is 10.1 Å². The molecule has 2 amide bonds. The molecule has 3 atom stereocenters. The maximum atomic E-state index is 14.0. The molecule has 250 valence electrons.